The van der Waals surface area contributed by atoms with Crippen molar-refractivity contribution in [3.8, 4) is 0 Å². The molecule has 2 N–H and O–H groups in total. The molecule has 1 aromatic rings. The van der Waals surface area contributed by atoms with Gasteiger partial charge in [0.25, 0.3) is 5.91 Å². The number of methoxy groups -OCH3 is 1. The number of sulfonamides is 1. The van der Waals surface area contributed by atoms with Crippen molar-refractivity contribution in [2.45, 2.75) is 31.2 Å². The number of halogens is 1. The molecule has 9 nitrogen and oxygen atoms in total. The topological polar surface area (TPSA) is 128 Å². The third-order valence-electron chi connectivity index (χ3n) is 3.42. The molecule has 1 rings (SSSR count). The van der Waals surface area contributed by atoms with E-state index in [1.807, 2.05) is 18.6 Å². The molecule has 1 atom stereocenters. The van der Waals surface area contributed by atoms with Gasteiger partial charge < -0.3 is 14.8 Å². The number of carbonyl (C=O) groups excluding carboxylic acids is 3. The molecule has 11 heteroatoms. The summed E-state index contributed by atoms with van der Waals surface area (Å²) in [5.41, 5.74) is 0. The average molecular weight is 418 g/mol. The molecule has 156 valence electrons. The van der Waals surface area contributed by atoms with Gasteiger partial charge in [0.2, 0.25) is 10.0 Å². The molecule has 0 aliphatic rings. The van der Waals surface area contributed by atoms with Gasteiger partial charge in [-0.1, -0.05) is 13.8 Å². The summed E-state index contributed by atoms with van der Waals surface area (Å²) >= 11 is 0. The van der Waals surface area contributed by atoms with E-state index in [1.54, 1.807) is 0 Å². The summed E-state index contributed by atoms with van der Waals surface area (Å²) in [4.78, 5) is 34.9. The highest BCUT2D eigenvalue weighted by Gasteiger charge is 2.23. The molecule has 0 spiro atoms. The van der Waals surface area contributed by atoms with E-state index in [-0.39, 0.29) is 10.8 Å². The second-order valence-electron chi connectivity index (χ2n) is 6.21. The van der Waals surface area contributed by atoms with Crippen molar-refractivity contribution in [1.82, 2.24) is 10.0 Å². The van der Waals surface area contributed by atoms with Gasteiger partial charge in [-0.25, -0.2) is 17.6 Å². The molecule has 0 aliphatic heterocycles. The van der Waals surface area contributed by atoms with Crippen LogP contribution in [0.3, 0.4) is 0 Å². The Morgan fingerprint density at radius 1 is 1.14 bits per heavy atom. The zero-order chi connectivity index (χ0) is 21.3. The summed E-state index contributed by atoms with van der Waals surface area (Å²) in [6, 6.07) is 3.13. The Morgan fingerprint density at radius 2 is 1.75 bits per heavy atom. The number of rotatable bonds is 10. The lowest BCUT2D eigenvalue weighted by molar-refractivity contribution is -0.149. The highest BCUT2D eigenvalue weighted by atomic mass is 32.2. The molecule has 0 fully saturated rings. The fourth-order valence-electron chi connectivity index (χ4n) is 2.11. The normalized spacial score (nSPS) is 12.3. The molecule has 0 bridgehead atoms. The molecule has 0 aliphatic carbocycles. The Hall–Kier alpha value is -2.53. The second-order valence-corrected chi connectivity index (χ2v) is 7.98. The lowest BCUT2D eigenvalue weighted by Gasteiger charge is -2.18. The number of benzene rings is 1. The van der Waals surface area contributed by atoms with Crippen molar-refractivity contribution in [2.75, 3.05) is 20.3 Å². The van der Waals surface area contributed by atoms with E-state index in [0.29, 0.717) is 6.42 Å². The molecule has 1 aromatic carbocycles. The highest BCUT2D eigenvalue weighted by Crippen LogP contribution is 2.09. The number of carbonyl (C=O) groups is 3. The lowest BCUT2D eigenvalue weighted by Crippen LogP contribution is -2.44. The second kappa shape index (κ2) is 10.7. The molecular formula is C17H23FN2O7S. The van der Waals surface area contributed by atoms with Crippen LogP contribution in [0.15, 0.2) is 29.2 Å². The van der Waals surface area contributed by atoms with Crippen molar-refractivity contribution in [3.63, 3.8) is 0 Å². The highest BCUT2D eigenvalue weighted by molar-refractivity contribution is 7.89. The lowest BCUT2D eigenvalue weighted by atomic mass is 10.0. The zero-order valence-corrected chi connectivity index (χ0v) is 16.5. The van der Waals surface area contributed by atoms with Gasteiger partial charge in [0, 0.05) is 0 Å². The van der Waals surface area contributed by atoms with Crippen molar-refractivity contribution in [3.05, 3.63) is 30.1 Å². The molecule has 0 unspecified atom stereocenters. The number of esters is 2. The molecule has 0 radical (unpaired) electrons. The monoisotopic (exact) mass is 418 g/mol. The Labute approximate surface area is 162 Å². The summed E-state index contributed by atoms with van der Waals surface area (Å²) in [5, 5.41) is 2.39. The summed E-state index contributed by atoms with van der Waals surface area (Å²) in [6.45, 7) is 2.30. The Kier molecular flexibility index (Phi) is 9.00. The largest absolute Gasteiger partial charge is 0.467 e. The number of hydrogen-bond donors (Lipinski definition) is 2. The van der Waals surface area contributed by atoms with Crippen molar-refractivity contribution >= 4 is 27.9 Å². The first-order valence-electron chi connectivity index (χ1n) is 8.33. The first-order chi connectivity index (χ1) is 13.0. The first-order valence-corrected chi connectivity index (χ1v) is 9.81. The summed E-state index contributed by atoms with van der Waals surface area (Å²) in [5.74, 6) is -2.86. The predicted octanol–water partition coefficient (Wildman–Crippen LogP) is 0.351. The van der Waals surface area contributed by atoms with E-state index >= 15 is 0 Å². The van der Waals surface area contributed by atoms with Gasteiger partial charge in [-0.15, -0.1) is 0 Å². The maximum Gasteiger partial charge on any atom is 0.328 e. The van der Waals surface area contributed by atoms with Crippen LogP contribution in [0.4, 0.5) is 4.39 Å². The van der Waals surface area contributed by atoms with Crippen LogP contribution in [0, 0.1) is 11.7 Å². The summed E-state index contributed by atoms with van der Waals surface area (Å²) in [6.07, 6.45) is 0.337. The standard InChI is InChI=1S/C17H23FN2O7S/c1-11(2)8-14(17(23)26-3)20-15(21)10-27-16(22)9-19-28(24,25)13-6-4-12(18)5-7-13/h4-7,11,14,19H,8-10H2,1-3H3,(H,20,21)/t14-/m1/s1. The van der Waals surface area contributed by atoms with Gasteiger partial charge in [0.1, 0.15) is 18.4 Å². The maximum absolute atomic E-state index is 12.8. The van der Waals surface area contributed by atoms with Crippen LogP contribution in [0.5, 0.6) is 0 Å². The first kappa shape index (κ1) is 23.5. The third-order valence-corrected chi connectivity index (χ3v) is 4.84. The molecule has 0 saturated heterocycles. The van der Waals surface area contributed by atoms with Crippen LogP contribution >= 0.6 is 0 Å². The Morgan fingerprint density at radius 3 is 2.29 bits per heavy atom. The van der Waals surface area contributed by atoms with Crippen LogP contribution in [-0.2, 0) is 33.9 Å². The van der Waals surface area contributed by atoms with Crippen LogP contribution < -0.4 is 10.0 Å². The number of amides is 1. The van der Waals surface area contributed by atoms with Crippen LogP contribution in [0.2, 0.25) is 0 Å². The van der Waals surface area contributed by atoms with E-state index in [1.165, 1.54) is 7.11 Å². The molecule has 28 heavy (non-hydrogen) atoms. The summed E-state index contributed by atoms with van der Waals surface area (Å²) in [7, 11) is -2.85. The van der Waals surface area contributed by atoms with Gasteiger partial charge in [-0.2, -0.15) is 4.72 Å². The maximum atomic E-state index is 12.8. The van der Waals surface area contributed by atoms with Crippen LogP contribution in [-0.4, -0.2) is 52.6 Å². The quantitative estimate of drug-likeness (QED) is 0.525. The molecular weight excluding hydrogens is 395 g/mol. The smallest absolute Gasteiger partial charge is 0.328 e. The minimum absolute atomic E-state index is 0.104. The minimum atomic E-state index is -4.04. The van der Waals surface area contributed by atoms with Crippen LogP contribution in [0.25, 0.3) is 0 Å². The summed E-state index contributed by atoms with van der Waals surface area (Å²) < 4.78 is 48.1. The SMILES string of the molecule is COC(=O)[C@@H](CC(C)C)NC(=O)COC(=O)CNS(=O)(=O)c1ccc(F)cc1. The average Bonchev–Trinajstić information content (AvgIpc) is 2.63. The Balaban J connectivity index is 2.49. The number of hydrogen-bond acceptors (Lipinski definition) is 7. The van der Waals surface area contributed by atoms with Gasteiger partial charge in [0.05, 0.1) is 12.0 Å². The molecule has 0 aromatic heterocycles. The van der Waals surface area contributed by atoms with Gasteiger partial charge >= 0.3 is 11.9 Å². The van der Waals surface area contributed by atoms with Crippen molar-refractivity contribution in [2.24, 2.45) is 5.92 Å². The van der Waals surface area contributed by atoms with Gasteiger partial charge in [-0.05, 0) is 36.6 Å². The fourth-order valence-corrected chi connectivity index (χ4v) is 3.08. The van der Waals surface area contributed by atoms with E-state index in [0.717, 1.165) is 24.3 Å². The number of nitrogens with one attached hydrogen (secondary N) is 2. The van der Waals surface area contributed by atoms with Crippen molar-refractivity contribution < 1.29 is 36.7 Å². The minimum Gasteiger partial charge on any atom is -0.467 e. The van der Waals surface area contributed by atoms with E-state index < -0.39 is 52.9 Å². The Bertz CT molecular complexity index is 794. The van der Waals surface area contributed by atoms with Gasteiger partial charge in [0.15, 0.2) is 6.61 Å². The predicted molar refractivity (Wildman–Crippen MR) is 95.9 cm³/mol. The molecule has 1 amide bonds. The third kappa shape index (κ3) is 8.01. The molecule has 0 saturated carbocycles. The van der Waals surface area contributed by atoms with Crippen LogP contribution in [0.1, 0.15) is 20.3 Å². The number of ether oxygens (including phenoxy) is 2. The van der Waals surface area contributed by atoms with E-state index in [4.69, 9.17) is 0 Å². The molecule has 0 heterocycles. The van der Waals surface area contributed by atoms with Crippen molar-refractivity contribution in [1.29, 1.82) is 0 Å². The van der Waals surface area contributed by atoms with Gasteiger partial charge in [-0.3, -0.25) is 9.59 Å². The van der Waals surface area contributed by atoms with E-state index in [2.05, 4.69) is 14.8 Å². The zero-order valence-electron chi connectivity index (χ0n) is 15.7. The fraction of sp³-hybridized carbons (Fsp3) is 0.471. The van der Waals surface area contributed by atoms with E-state index in [9.17, 15) is 27.2 Å².